The first-order chi connectivity index (χ1) is 7.58. The molecule has 0 spiro atoms. The zero-order valence-electron chi connectivity index (χ0n) is 9.71. The fourth-order valence-corrected chi connectivity index (χ4v) is 3.06. The Morgan fingerprint density at radius 1 is 0.938 bits per heavy atom. The van der Waals surface area contributed by atoms with Gasteiger partial charge < -0.3 is 4.42 Å². The molecule has 3 nitrogen and oxygen atoms in total. The van der Waals surface area contributed by atoms with E-state index in [1.807, 2.05) is 20.8 Å². The average Bonchev–Trinajstić information content (AvgIpc) is 2.78. The molecule has 0 saturated carbocycles. The number of oxazole rings is 1. The van der Waals surface area contributed by atoms with E-state index < -0.39 is 0 Å². The summed E-state index contributed by atoms with van der Waals surface area (Å²) < 4.78 is 6.88. The van der Waals surface area contributed by atoms with Gasteiger partial charge in [0, 0.05) is 12.5 Å². The van der Waals surface area contributed by atoms with Gasteiger partial charge in [-0.3, -0.25) is 0 Å². The molecule has 82 valence electrons. The maximum atomic E-state index is 5.65. The lowest BCUT2D eigenvalue weighted by Gasteiger charge is -1.99. The second-order valence-electron chi connectivity index (χ2n) is 4.07. The van der Waals surface area contributed by atoms with Gasteiger partial charge >= 0.3 is 0 Å². The van der Waals surface area contributed by atoms with Crippen molar-refractivity contribution in [2.75, 3.05) is 0 Å². The highest BCUT2D eigenvalue weighted by atomic mass is 32.1. The minimum Gasteiger partial charge on any atom is -0.441 e. The lowest BCUT2D eigenvalue weighted by Crippen LogP contribution is -1.83. The summed E-state index contributed by atoms with van der Waals surface area (Å²) >= 11 is 1.72. The fourth-order valence-electron chi connectivity index (χ4n) is 2.09. The van der Waals surface area contributed by atoms with E-state index in [1.54, 1.807) is 11.3 Å². The number of nitrogens with zero attached hydrogens (tertiary/aromatic N) is 2. The third-order valence-electron chi connectivity index (χ3n) is 2.86. The molecule has 1 aromatic carbocycles. The van der Waals surface area contributed by atoms with E-state index in [0.29, 0.717) is 0 Å². The van der Waals surface area contributed by atoms with Crippen molar-refractivity contribution in [3.05, 3.63) is 22.0 Å². The molecule has 0 aliphatic rings. The first-order valence-corrected chi connectivity index (χ1v) is 6.03. The molecule has 0 aliphatic carbocycles. The van der Waals surface area contributed by atoms with Crippen LogP contribution in [0.3, 0.4) is 0 Å². The molecule has 0 saturated heterocycles. The summed E-state index contributed by atoms with van der Waals surface area (Å²) in [4.78, 5) is 9.01. The van der Waals surface area contributed by atoms with Gasteiger partial charge in [-0.15, -0.1) is 11.3 Å². The Morgan fingerprint density at radius 2 is 1.69 bits per heavy atom. The zero-order chi connectivity index (χ0) is 11.4. The van der Waals surface area contributed by atoms with Crippen LogP contribution in [-0.2, 0) is 0 Å². The Balaban J connectivity index is 2.63. The molecule has 0 fully saturated rings. The van der Waals surface area contributed by atoms with E-state index in [-0.39, 0.29) is 0 Å². The summed E-state index contributed by atoms with van der Waals surface area (Å²) in [6, 6.07) is 0. The normalized spacial score (nSPS) is 11.8. The Kier molecular flexibility index (Phi) is 1.86. The molecule has 0 amide bonds. The maximum Gasteiger partial charge on any atom is 0.192 e. The highest BCUT2D eigenvalue weighted by Gasteiger charge is 2.16. The van der Waals surface area contributed by atoms with Gasteiger partial charge in [0.15, 0.2) is 11.5 Å². The monoisotopic (exact) mass is 232 g/mol. The number of aromatic nitrogens is 2. The quantitative estimate of drug-likeness (QED) is 0.593. The fraction of sp³-hybridized carbons (Fsp3) is 0.333. The second-order valence-corrected chi connectivity index (χ2v) is 5.27. The van der Waals surface area contributed by atoms with E-state index in [9.17, 15) is 0 Å². The summed E-state index contributed by atoms with van der Waals surface area (Å²) in [5.41, 5.74) is 5.20. The molecule has 0 atom stereocenters. The number of thiazole rings is 1. The van der Waals surface area contributed by atoms with Gasteiger partial charge in [0.1, 0.15) is 5.52 Å². The van der Waals surface area contributed by atoms with Gasteiger partial charge in [-0.2, -0.15) is 0 Å². The van der Waals surface area contributed by atoms with E-state index >= 15 is 0 Å². The minimum atomic E-state index is 0.718. The highest BCUT2D eigenvalue weighted by Crippen LogP contribution is 2.34. The lowest BCUT2D eigenvalue weighted by atomic mass is 10.1. The number of hydrogen-bond donors (Lipinski definition) is 0. The molecule has 3 rings (SSSR count). The van der Waals surface area contributed by atoms with E-state index in [2.05, 4.69) is 16.9 Å². The van der Waals surface area contributed by atoms with Crippen molar-refractivity contribution in [3.63, 3.8) is 0 Å². The number of aryl methyl sites for hydroxylation is 4. The summed E-state index contributed by atoms with van der Waals surface area (Å²) in [6.45, 7) is 8.05. The van der Waals surface area contributed by atoms with E-state index in [4.69, 9.17) is 4.42 Å². The minimum absolute atomic E-state index is 0.718. The molecule has 2 aromatic heterocycles. The predicted molar refractivity (Wildman–Crippen MR) is 66.1 cm³/mol. The van der Waals surface area contributed by atoms with Crippen LogP contribution in [-0.4, -0.2) is 9.97 Å². The molecule has 0 aliphatic heterocycles. The SMILES string of the molecule is Cc1nc2c(C)c3sc(C)nc3c(C)c2o1. The molecular formula is C12H12N2OS. The van der Waals surface area contributed by atoms with Crippen molar-refractivity contribution < 1.29 is 4.42 Å². The number of rotatable bonds is 0. The van der Waals surface area contributed by atoms with E-state index in [0.717, 1.165) is 33.1 Å². The van der Waals surface area contributed by atoms with Gasteiger partial charge in [0.2, 0.25) is 0 Å². The Hall–Kier alpha value is -1.42. The third kappa shape index (κ3) is 1.13. The van der Waals surface area contributed by atoms with Crippen LogP contribution in [0, 0.1) is 27.7 Å². The lowest BCUT2D eigenvalue weighted by molar-refractivity contribution is 0.559. The van der Waals surface area contributed by atoms with Gasteiger partial charge in [-0.1, -0.05) is 0 Å². The van der Waals surface area contributed by atoms with Crippen molar-refractivity contribution >= 4 is 32.7 Å². The number of hydrogen-bond acceptors (Lipinski definition) is 4. The van der Waals surface area contributed by atoms with Crippen molar-refractivity contribution in [2.45, 2.75) is 27.7 Å². The molecule has 16 heavy (non-hydrogen) atoms. The molecule has 2 heterocycles. The van der Waals surface area contributed by atoms with Crippen LogP contribution in [0.2, 0.25) is 0 Å². The topological polar surface area (TPSA) is 38.9 Å². The van der Waals surface area contributed by atoms with Crippen molar-refractivity contribution in [3.8, 4) is 0 Å². The molecule has 0 N–H and O–H groups in total. The van der Waals surface area contributed by atoms with Crippen molar-refractivity contribution in [1.29, 1.82) is 0 Å². The smallest absolute Gasteiger partial charge is 0.192 e. The van der Waals surface area contributed by atoms with Crippen LogP contribution in [0.5, 0.6) is 0 Å². The summed E-state index contributed by atoms with van der Waals surface area (Å²) in [5, 5.41) is 1.09. The average molecular weight is 232 g/mol. The van der Waals surface area contributed by atoms with E-state index in [1.165, 1.54) is 10.3 Å². The second kappa shape index (κ2) is 3.04. The van der Waals surface area contributed by atoms with Crippen molar-refractivity contribution in [2.24, 2.45) is 0 Å². The van der Waals surface area contributed by atoms with Crippen LogP contribution in [0.1, 0.15) is 22.0 Å². The van der Waals surface area contributed by atoms with Gasteiger partial charge in [0.25, 0.3) is 0 Å². The van der Waals surface area contributed by atoms with Gasteiger partial charge in [-0.25, -0.2) is 9.97 Å². The van der Waals surface area contributed by atoms with Crippen LogP contribution in [0.15, 0.2) is 4.42 Å². The third-order valence-corrected chi connectivity index (χ3v) is 3.95. The predicted octanol–water partition coefficient (Wildman–Crippen LogP) is 3.67. The van der Waals surface area contributed by atoms with Crippen LogP contribution in [0.4, 0.5) is 0 Å². The van der Waals surface area contributed by atoms with Crippen LogP contribution >= 0.6 is 11.3 Å². The first kappa shape index (κ1) is 9.78. The van der Waals surface area contributed by atoms with Crippen LogP contribution < -0.4 is 0 Å². The maximum absolute atomic E-state index is 5.65. The van der Waals surface area contributed by atoms with Gasteiger partial charge in [-0.05, 0) is 26.3 Å². The Bertz CT molecular complexity index is 594. The molecule has 0 bridgehead atoms. The Morgan fingerprint density at radius 3 is 2.44 bits per heavy atom. The zero-order valence-corrected chi connectivity index (χ0v) is 10.5. The van der Waals surface area contributed by atoms with Gasteiger partial charge in [0.05, 0.1) is 15.2 Å². The molecular weight excluding hydrogens is 220 g/mol. The number of fused-ring (bicyclic) bond motifs is 2. The Labute approximate surface area is 97.1 Å². The first-order valence-electron chi connectivity index (χ1n) is 5.21. The van der Waals surface area contributed by atoms with Crippen molar-refractivity contribution in [1.82, 2.24) is 9.97 Å². The summed E-state index contributed by atoms with van der Waals surface area (Å²) in [6.07, 6.45) is 0. The molecule has 0 radical (unpaired) electrons. The van der Waals surface area contributed by atoms with Crippen LogP contribution in [0.25, 0.3) is 21.3 Å². The standard InChI is InChI=1S/C12H12N2OS/c1-5-10-12(16-8(4)14-10)6(2)9-11(5)15-7(3)13-9/h1-4H3. The molecule has 4 heteroatoms. The summed E-state index contributed by atoms with van der Waals surface area (Å²) in [5.74, 6) is 0.718. The molecule has 0 unspecified atom stereocenters. The number of benzene rings is 1. The highest BCUT2D eigenvalue weighted by molar-refractivity contribution is 7.18. The molecule has 3 aromatic rings. The summed E-state index contributed by atoms with van der Waals surface area (Å²) in [7, 11) is 0. The largest absolute Gasteiger partial charge is 0.441 e.